The van der Waals surface area contributed by atoms with Crippen molar-refractivity contribution in [2.24, 2.45) is 0 Å². The van der Waals surface area contributed by atoms with Crippen LogP contribution in [0.3, 0.4) is 0 Å². The van der Waals surface area contributed by atoms with Gasteiger partial charge < -0.3 is 15.4 Å². The second-order valence-electron chi connectivity index (χ2n) is 4.27. The summed E-state index contributed by atoms with van der Waals surface area (Å²) >= 11 is 3.01. The van der Waals surface area contributed by atoms with Gasteiger partial charge in [0.2, 0.25) is 0 Å². The zero-order valence-electron chi connectivity index (χ0n) is 10.8. The number of nitrogens with zero attached hydrogens (tertiary/aromatic N) is 1. The molecule has 104 valence electrons. The summed E-state index contributed by atoms with van der Waals surface area (Å²) < 4.78 is 0.661. The molecule has 7 heteroatoms. The number of thioether (sulfide) groups is 1. The van der Waals surface area contributed by atoms with Gasteiger partial charge in [-0.25, -0.2) is 4.98 Å². The van der Waals surface area contributed by atoms with Crippen LogP contribution in [0.25, 0.3) is 10.2 Å². The Morgan fingerprint density at radius 3 is 3.11 bits per heavy atom. The first-order chi connectivity index (χ1) is 9.15. The standard InChI is InChI=1S/C12H17N3O2S2/c1-7(9(6-16)18-2)13-5-10-14-8-3-4-19-11(8)12(17)15-10/h3-4,7,9,13,16H,5-6H2,1-2H3,(H,14,15,17). The van der Waals surface area contributed by atoms with Gasteiger partial charge in [0.1, 0.15) is 10.5 Å². The fourth-order valence-electron chi connectivity index (χ4n) is 1.83. The smallest absolute Gasteiger partial charge is 0.268 e. The average molecular weight is 299 g/mol. The maximum absolute atomic E-state index is 11.8. The van der Waals surface area contributed by atoms with Crippen molar-refractivity contribution < 1.29 is 5.11 Å². The van der Waals surface area contributed by atoms with Gasteiger partial charge in [0.25, 0.3) is 5.56 Å². The quantitative estimate of drug-likeness (QED) is 0.747. The van der Waals surface area contributed by atoms with Crippen LogP contribution >= 0.6 is 23.1 Å². The molecule has 0 saturated heterocycles. The summed E-state index contributed by atoms with van der Waals surface area (Å²) in [5.74, 6) is 0.626. The highest BCUT2D eigenvalue weighted by Crippen LogP contribution is 2.14. The normalized spacial score (nSPS) is 14.7. The van der Waals surface area contributed by atoms with Crippen LogP contribution in [0.5, 0.6) is 0 Å². The van der Waals surface area contributed by atoms with E-state index in [-0.39, 0.29) is 23.5 Å². The Labute approximate surface area is 119 Å². The van der Waals surface area contributed by atoms with Gasteiger partial charge in [-0.15, -0.1) is 11.3 Å². The van der Waals surface area contributed by atoms with Crippen molar-refractivity contribution in [2.45, 2.75) is 24.8 Å². The van der Waals surface area contributed by atoms with Crippen molar-refractivity contribution in [2.75, 3.05) is 12.9 Å². The van der Waals surface area contributed by atoms with E-state index in [0.717, 1.165) is 5.52 Å². The third kappa shape index (κ3) is 3.36. The monoisotopic (exact) mass is 299 g/mol. The fourth-order valence-corrected chi connectivity index (χ4v) is 3.21. The fraction of sp³-hybridized carbons (Fsp3) is 0.500. The minimum atomic E-state index is -0.0898. The van der Waals surface area contributed by atoms with E-state index in [9.17, 15) is 9.90 Å². The van der Waals surface area contributed by atoms with Gasteiger partial charge in [-0.3, -0.25) is 4.79 Å². The van der Waals surface area contributed by atoms with Crippen LogP contribution in [0.15, 0.2) is 16.2 Å². The van der Waals surface area contributed by atoms with Crippen molar-refractivity contribution >= 4 is 33.3 Å². The predicted octanol–water partition coefficient (Wildman–Crippen LogP) is 1.19. The van der Waals surface area contributed by atoms with Crippen molar-refractivity contribution in [3.8, 4) is 0 Å². The number of aromatic nitrogens is 2. The first kappa shape index (κ1) is 14.5. The molecular weight excluding hydrogens is 282 g/mol. The first-order valence-corrected chi connectivity index (χ1v) is 8.16. The summed E-state index contributed by atoms with van der Waals surface area (Å²) in [5, 5.41) is 14.5. The molecule has 0 amide bonds. The minimum absolute atomic E-state index is 0.0898. The maximum atomic E-state index is 11.8. The summed E-state index contributed by atoms with van der Waals surface area (Å²) in [5.41, 5.74) is 0.648. The van der Waals surface area contributed by atoms with Gasteiger partial charge in [0.05, 0.1) is 18.7 Å². The SMILES string of the molecule is CSC(CO)C(C)NCc1nc2ccsc2c(=O)[nH]1. The number of aliphatic hydroxyl groups excluding tert-OH is 1. The van der Waals surface area contributed by atoms with Crippen LogP contribution < -0.4 is 10.9 Å². The Bertz CT molecular complexity index is 592. The molecule has 19 heavy (non-hydrogen) atoms. The molecule has 3 N–H and O–H groups in total. The Hall–Kier alpha value is -0.890. The lowest BCUT2D eigenvalue weighted by Crippen LogP contribution is -2.37. The lowest BCUT2D eigenvalue weighted by molar-refractivity contribution is 0.275. The maximum Gasteiger partial charge on any atom is 0.268 e. The number of aromatic amines is 1. The highest BCUT2D eigenvalue weighted by molar-refractivity contribution is 7.99. The molecule has 2 aromatic rings. The van der Waals surface area contributed by atoms with Gasteiger partial charge in [-0.05, 0) is 24.6 Å². The number of hydrogen-bond donors (Lipinski definition) is 3. The van der Waals surface area contributed by atoms with E-state index in [4.69, 9.17) is 0 Å². The van der Waals surface area contributed by atoms with Gasteiger partial charge in [0, 0.05) is 11.3 Å². The average Bonchev–Trinajstić information content (AvgIpc) is 2.86. The number of hydrogen-bond acceptors (Lipinski definition) is 6. The zero-order chi connectivity index (χ0) is 13.8. The number of aliphatic hydroxyl groups is 1. The highest BCUT2D eigenvalue weighted by Gasteiger charge is 2.15. The zero-order valence-corrected chi connectivity index (χ0v) is 12.5. The molecule has 2 rings (SSSR count). The molecule has 0 aromatic carbocycles. The van der Waals surface area contributed by atoms with Gasteiger partial charge in [-0.1, -0.05) is 0 Å². The van der Waals surface area contributed by atoms with E-state index in [2.05, 4.69) is 15.3 Å². The molecule has 2 unspecified atom stereocenters. The molecule has 5 nitrogen and oxygen atoms in total. The molecule has 0 fully saturated rings. The number of rotatable bonds is 6. The number of fused-ring (bicyclic) bond motifs is 1. The van der Waals surface area contributed by atoms with Crippen molar-refractivity contribution in [1.29, 1.82) is 0 Å². The Balaban J connectivity index is 2.07. The number of H-pyrrole nitrogens is 1. The molecule has 0 spiro atoms. The topological polar surface area (TPSA) is 78.0 Å². The molecule has 0 radical (unpaired) electrons. The highest BCUT2D eigenvalue weighted by atomic mass is 32.2. The van der Waals surface area contributed by atoms with Crippen molar-refractivity contribution in [3.05, 3.63) is 27.6 Å². The molecule has 2 aromatic heterocycles. The summed E-state index contributed by atoms with van der Waals surface area (Å²) in [6, 6.07) is 1.99. The molecule has 2 atom stereocenters. The number of nitrogens with one attached hydrogen (secondary N) is 2. The summed E-state index contributed by atoms with van der Waals surface area (Å²) in [7, 11) is 0. The van der Waals surface area contributed by atoms with Crippen LogP contribution in [0.4, 0.5) is 0 Å². The van der Waals surface area contributed by atoms with Crippen LogP contribution in [-0.2, 0) is 6.54 Å². The first-order valence-electron chi connectivity index (χ1n) is 5.99. The Morgan fingerprint density at radius 2 is 2.42 bits per heavy atom. The largest absolute Gasteiger partial charge is 0.395 e. The third-order valence-electron chi connectivity index (χ3n) is 3.00. The molecular formula is C12H17N3O2S2. The van der Waals surface area contributed by atoms with E-state index in [1.807, 2.05) is 24.6 Å². The van der Waals surface area contributed by atoms with Crippen LogP contribution in [-0.4, -0.2) is 39.2 Å². The Morgan fingerprint density at radius 1 is 1.63 bits per heavy atom. The molecule has 2 heterocycles. The third-order valence-corrected chi connectivity index (χ3v) is 5.06. The molecule has 0 bridgehead atoms. The van der Waals surface area contributed by atoms with E-state index in [1.54, 1.807) is 11.8 Å². The van der Waals surface area contributed by atoms with E-state index < -0.39 is 0 Å². The Kier molecular flexibility index (Phi) is 4.98. The van der Waals surface area contributed by atoms with Crippen LogP contribution in [0, 0.1) is 0 Å². The lowest BCUT2D eigenvalue weighted by atomic mass is 10.2. The molecule has 0 aliphatic heterocycles. The summed E-state index contributed by atoms with van der Waals surface area (Å²) in [6.07, 6.45) is 1.97. The van der Waals surface area contributed by atoms with E-state index in [0.29, 0.717) is 17.1 Å². The second kappa shape index (κ2) is 6.51. The molecule has 0 aliphatic rings. The van der Waals surface area contributed by atoms with Crippen molar-refractivity contribution in [3.63, 3.8) is 0 Å². The lowest BCUT2D eigenvalue weighted by Gasteiger charge is -2.20. The van der Waals surface area contributed by atoms with Crippen molar-refractivity contribution in [1.82, 2.24) is 15.3 Å². The predicted molar refractivity (Wildman–Crippen MR) is 80.9 cm³/mol. The van der Waals surface area contributed by atoms with Gasteiger partial charge >= 0.3 is 0 Å². The number of thiophene rings is 1. The van der Waals surface area contributed by atoms with E-state index >= 15 is 0 Å². The van der Waals surface area contributed by atoms with Crippen LogP contribution in [0.1, 0.15) is 12.7 Å². The second-order valence-corrected chi connectivity index (χ2v) is 6.27. The van der Waals surface area contributed by atoms with Crippen LogP contribution in [0.2, 0.25) is 0 Å². The molecule has 0 saturated carbocycles. The van der Waals surface area contributed by atoms with E-state index in [1.165, 1.54) is 11.3 Å². The summed E-state index contributed by atoms with van der Waals surface area (Å²) in [6.45, 7) is 2.63. The minimum Gasteiger partial charge on any atom is -0.395 e. The molecule has 0 aliphatic carbocycles. The summed E-state index contributed by atoms with van der Waals surface area (Å²) in [4.78, 5) is 19.0. The van der Waals surface area contributed by atoms with Gasteiger partial charge in [-0.2, -0.15) is 11.8 Å². The van der Waals surface area contributed by atoms with Gasteiger partial charge in [0.15, 0.2) is 0 Å².